The summed E-state index contributed by atoms with van der Waals surface area (Å²) in [6.45, 7) is 13.8. The smallest absolute Gasteiger partial charge is 0.279 e. The van der Waals surface area contributed by atoms with Gasteiger partial charge in [0.2, 0.25) is 0 Å². The fourth-order valence-electron chi connectivity index (χ4n) is 4.25. The maximum absolute atomic E-state index is 13.4. The van der Waals surface area contributed by atoms with Gasteiger partial charge in [0.05, 0.1) is 18.2 Å². The molecule has 14 heteroatoms. The Morgan fingerprint density at radius 2 is 1.44 bits per heavy atom. The number of nitrogen functional groups attached to an aromatic ring is 1. The largest absolute Gasteiger partial charge is 0.382 e. The molecule has 0 saturated heterocycles. The van der Waals surface area contributed by atoms with Crippen LogP contribution in [0.1, 0.15) is 97.1 Å². The molecule has 0 atom stereocenters. The Balaban J connectivity index is 0.000000220. The molecule has 6 rings (SSSR count). The standard InChI is InChI=1S/C10H11FN2O.C9H12N4O.C8H11N5.2CH4/c1-6(2)13-5-7(11)9-8(14)3-4-12-10(9)13;1-5(2)13-4-10-7-8(13)11-6(3)12-9(7)14;1-5(2)13-4-12-6-7(9)10-3-11-8(6)13;;/h4-6H,3H2,1-2H3;4-5H,1-3H3,(H,11,12,14);3-5H,1-2H3,(H2,9,10,11);2*1H4. The van der Waals surface area contributed by atoms with Gasteiger partial charge in [0, 0.05) is 37.0 Å². The molecule has 0 amide bonds. The van der Waals surface area contributed by atoms with Crippen molar-refractivity contribution in [1.29, 1.82) is 0 Å². The number of aromatic nitrogens is 9. The van der Waals surface area contributed by atoms with Gasteiger partial charge in [-0.05, 0) is 48.5 Å². The summed E-state index contributed by atoms with van der Waals surface area (Å²) in [7, 11) is 0. The average molecular weight is 596 g/mol. The number of hydrogen-bond donors (Lipinski definition) is 2. The van der Waals surface area contributed by atoms with Crippen molar-refractivity contribution >= 4 is 46.0 Å². The highest BCUT2D eigenvalue weighted by atomic mass is 19.1. The zero-order chi connectivity index (χ0) is 30.0. The SMILES string of the molecule is C.C.CC(C)n1cc(F)c2c1N=CCC2=O.CC(C)n1cnc2c(N)ncnc21.Cc1nc2c(ncn2C(C)C)c(=O)[nH]1. The molecule has 0 aromatic carbocycles. The molecule has 232 valence electrons. The van der Waals surface area contributed by atoms with Crippen molar-refractivity contribution in [1.82, 2.24) is 43.6 Å². The molecule has 0 spiro atoms. The van der Waals surface area contributed by atoms with E-state index in [0.717, 1.165) is 5.65 Å². The highest BCUT2D eigenvalue weighted by Crippen LogP contribution is 2.31. The number of carbonyl (C=O) groups excluding carboxylic acids is 1. The number of anilines is 1. The maximum atomic E-state index is 13.4. The van der Waals surface area contributed by atoms with E-state index < -0.39 is 5.82 Å². The number of H-pyrrole nitrogens is 1. The lowest BCUT2D eigenvalue weighted by Gasteiger charge is -2.11. The van der Waals surface area contributed by atoms with E-state index in [4.69, 9.17) is 5.73 Å². The van der Waals surface area contributed by atoms with Crippen LogP contribution in [0, 0.1) is 12.7 Å². The molecule has 5 aromatic heterocycles. The summed E-state index contributed by atoms with van der Waals surface area (Å²) in [5, 5.41) is 0. The van der Waals surface area contributed by atoms with Crippen molar-refractivity contribution in [3.8, 4) is 0 Å². The zero-order valence-corrected chi connectivity index (χ0v) is 24.1. The van der Waals surface area contributed by atoms with Crippen molar-refractivity contribution < 1.29 is 9.18 Å². The number of aryl methyl sites for hydroxylation is 1. The minimum atomic E-state index is -0.462. The lowest BCUT2D eigenvalue weighted by Crippen LogP contribution is -2.11. The Morgan fingerprint density at radius 1 is 0.860 bits per heavy atom. The summed E-state index contributed by atoms with van der Waals surface area (Å²) in [6.07, 6.45) is 7.92. The zero-order valence-electron chi connectivity index (χ0n) is 24.1. The fraction of sp³-hybridized carbons (Fsp3) is 0.448. The third kappa shape index (κ3) is 7.01. The number of rotatable bonds is 3. The van der Waals surface area contributed by atoms with Crippen molar-refractivity contribution in [2.45, 2.75) is 87.9 Å². The summed E-state index contributed by atoms with van der Waals surface area (Å²) in [6, 6.07) is 0.698. The molecule has 0 fully saturated rings. The Morgan fingerprint density at radius 3 is 2.05 bits per heavy atom. The third-order valence-corrected chi connectivity index (χ3v) is 6.34. The number of Topliss-reactive ketones (excluding diaryl/α,β-unsaturated/α-hetero) is 1. The topological polar surface area (TPSA) is 168 Å². The van der Waals surface area contributed by atoms with E-state index >= 15 is 0 Å². The second-order valence-corrected chi connectivity index (χ2v) is 10.4. The Labute approximate surface area is 250 Å². The van der Waals surface area contributed by atoms with Gasteiger partial charge in [-0.2, -0.15) is 0 Å². The third-order valence-electron chi connectivity index (χ3n) is 6.34. The van der Waals surface area contributed by atoms with E-state index in [2.05, 4.69) is 48.7 Å². The summed E-state index contributed by atoms with van der Waals surface area (Å²) in [4.78, 5) is 50.0. The molecule has 3 N–H and O–H groups in total. The average Bonchev–Trinajstić information content (AvgIpc) is 3.61. The van der Waals surface area contributed by atoms with E-state index in [1.807, 2.05) is 36.8 Å². The molecule has 13 nitrogen and oxygen atoms in total. The monoisotopic (exact) mass is 595 g/mol. The molecule has 5 aromatic rings. The summed E-state index contributed by atoms with van der Waals surface area (Å²) in [5.74, 6) is 0.852. The van der Waals surface area contributed by atoms with Crippen molar-refractivity contribution in [3.63, 3.8) is 0 Å². The summed E-state index contributed by atoms with van der Waals surface area (Å²) >= 11 is 0. The van der Waals surface area contributed by atoms with Gasteiger partial charge >= 0.3 is 0 Å². The second kappa shape index (κ2) is 13.9. The predicted octanol–water partition coefficient (Wildman–Crippen LogP) is 5.77. The van der Waals surface area contributed by atoms with Crippen LogP contribution in [0.25, 0.3) is 22.3 Å². The predicted molar refractivity (Wildman–Crippen MR) is 169 cm³/mol. The van der Waals surface area contributed by atoms with Crippen LogP contribution in [-0.4, -0.2) is 55.6 Å². The number of carbonyl (C=O) groups is 1. The van der Waals surface area contributed by atoms with Gasteiger partial charge in [0.15, 0.2) is 34.2 Å². The van der Waals surface area contributed by atoms with Crippen LogP contribution >= 0.6 is 0 Å². The molecule has 0 bridgehead atoms. The first-order valence-electron chi connectivity index (χ1n) is 13.2. The number of ketones is 1. The van der Waals surface area contributed by atoms with Crippen molar-refractivity contribution in [3.05, 3.63) is 52.7 Å². The van der Waals surface area contributed by atoms with E-state index in [9.17, 15) is 14.0 Å². The molecule has 0 aliphatic carbocycles. The van der Waals surface area contributed by atoms with Gasteiger partial charge in [-0.15, -0.1) is 0 Å². The fourth-order valence-corrected chi connectivity index (χ4v) is 4.25. The Bertz CT molecular complexity index is 1790. The lowest BCUT2D eigenvalue weighted by atomic mass is 10.1. The van der Waals surface area contributed by atoms with Crippen LogP contribution < -0.4 is 11.3 Å². The number of aromatic amines is 1. The molecule has 0 saturated carbocycles. The minimum absolute atomic E-state index is 0. The van der Waals surface area contributed by atoms with Crippen LogP contribution in [0.2, 0.25) is 0 Å². The number of nitrogens with one attached hydrogen (secondary N) is 1. The van der Waals surface area contributed by atoms with Crippen LogP contribution in [-0.2, 0) is 0 Å². The van der Waals surface area contributed by atoms with Crippen LogP contribution in [0.5, 0.6) is 0 Å². The minimum Gasteiger partial charge on any atom is -0.382 e. The number of nitrogens with two attached hydrogens (primary N) is 1. The van der Waals surface area contributed by atoms with E-state index in [1.54, 1.807) is 24.1 Å². The second-order valence-electron chi connectivity index (χ2n) is 10.4. The number of nitrogens with zero attached hydrogens (tertiary/aromatic N) is 9. The highest BCUT2D eigenvalue weighted by molar-refractivity contribution is 6.09. The first-order valence-corrected chi connectivity index (χ1v) is 13.2. The number of imidazole rings is 2. The first-order chi connectivity index (χ1) is 19.4. The molecular weight excluding hydrogens is 553 g/mol. The van der Waals surface area contributed by atoms with Gasteiger partial charge in [0.1, 0.15) is 23.5 Å². The molecule has 43 heavy (non-hydrogen) atoms. The molecule has 1 aliphatic heterocycles. The summed E-state index contributed by atoms with van der Waals surface area (Å²) < 4.78 is 18.9. The van der Waals surface area contributed by atoms with Gasteiger partial charge in [0.25, 0.3) is 5.56 Å². The quantitative estimate of drug-likeness (QED) is 0.265. The Kier molecular flexibility index (Phi) is 11.2. The molecule has 6 heterocycles. The number of halogens is 1. The highest BCUT2D eigenvalue weighted by Gasteiger charge is 2.24. The van der Waals surface area contributed by atoms with Crippen LogP contribution in [0.4, 0.5) is 16.0 Å². The van der Waals surface area contributed by atoms with Crippen molar-refractivity contribution in [2.75, 3.05) is 5.73 Å². The summed E-state index contributed by atoms with van der Waals surface area (Å²) in [5.41, 5.74) is 8.14. The Hall–Kier alpha value is -4.75. The number of aliphatic imine (C=N–C) groups is 1. The number of fused-ring (bicyclic) bond motifs is 3. The molecule has 0 unspecified atom stereocenters. The van der Waals surface area contributed by atoms with Gasteiger partial charge in [-0.25, -0.2) is 34.3 Å². The van der Waals surface area contributed by atoms with Crippen LogP contribution in [0.15, 0.2) is 35.0 Å². The van der Waals surface area contributed by atoms with Crippen molar-refractivity contribution in [2.24, 2.45) is 4.99 Å². The molecule has 1 aliphatic rings. The maximum Gasteiger partial charge on any atom is 0.279 e. The van der Waals surface area contributed by atoms with Gasteiger partial charge < -0.3 is 24.4 Å². The van der Waals surface area contributed by atoms with Gasteiger partial charge in [-0.3, -0.25) is 9.59 Å². The number of hydrogen-bond acceptors (Lipinski definition) is 9. The van der Waals surface area contributed by atoms with Gasteiger partial charge in [-0.1, -0.05) is 14.9 Å². The van der Waals surface area contributed by atoms with Crippen LogP contribution in [0.3, 0.4) is 0 Å². The lowest BCUT2D eigenvalue weighted by molar-refractivity contribution is 0.0997. The van der Waals surface area contributed by atoms with E-state index in [1.165, 1.54) is 18.7 Å². The van der Waals surface area contributed by atoms with E-state index in [0.29, 0.717) is 40.2 Å². The normalized spacial score (nSPS) is 12.0. The molecule has 0 radical (unpaired) electrons. The molecular formula is C29H42FN11O2. The van der Waals surface area contributed by atoms with E-state index in [-0.39, 0.29) is 50.3 Å². The first kappa shape index (κ1) is 34.5.